The largest absolute Gasteiger partial charge is 0.384 e. The van der Waals surface area contributed by atoms with Crippen molar-refractivity contribution in [1.29, 1.82) is 0 Å². The van der Waals surface area contributed by atoms with Gasteiger partial charge in [-0.05, 0) is 55.6 Å². The second-order valence-electron chi connectivity index (χ2n) is 5.51. The van der Waals surface area contributed by atoms with E-state index in [1.807, 2.05) is 12.4 Å². The molecule has 2 fully saturated rings. The molecule has 1 aromatic heterocycles. The van der Waals surface area contributed by atoms with Crippen molar-refractivity contribution in [3.63, 3.8) is 0 Å². The maximum Gasteiger partial charge on any atom is 0.0400 e. The Balaban J connectivity index is 1.59. The van der Waals surface area contributed by atoms with Crippen molar-refractivity contribution < 1.29 is 0 Å². The van der Waals surface area contributed by atoms with Gasteiger partial charge in [-0.25, -0.2) is 0 Å². The molecule has 0 radical (unpaired) electrons. The van der Waals surface area contributed by atoms with E-state index < -0.39 is 0 Å². The molecular formula is C14H20N2. The minimum absolute atomic E-state index is 0.923. The lowest BCUT2D eigenvalue weighted by Crippen LogP contribution is -2.20. The van der Waals surface area contributed by atoms with Crippen molar-refractivity contribution in [2.24, 2.45) is 17.8 Å². The van der Waals surface area contributed by atoms with Crippen LogP contribution in [-0.2, 0) is 0 Å². The number of nitrogens with one attached hydrogen (secondary N) is 1. The first-order chi connectivity index (χ1) is 7.83. The Morgan fingerprint density at radius 1 is 1.38 bits per heavy atom. The standard InChI is InChI=1S/C14H20N2/c1-10-8-15-5-4-14(10)16-9-13-7-11-2-3-12(13)6-11/h4-5,8,11-13H,2-3,6-7,9H2,1H3,(H,15,16). The third kappa shape index (κ3) is 1.81. The van der Waals surface area contributed by atoms with Gasteiger partial charge in [0.1, 0.15) is 0 Å². The summed E-state index contributed by atoms with van der Waals surface area (Å²) in [6.07, 6.45) is 9.74. The molecule has 2 aliphatic rings. The highest BCUT2D eigenvalue weighted by atomic mass is 14.9. The first-order valence-corrected chi connectivity index (χ1v) is 6.47. The SMILES string of the molecule is Cc1cnccc1NCC1CC2CCC1C2. The highest BCUT2D eigenvalue weighted by Gasteiger charge is 2.38. The minimum Gasteiger partial charge on any atom is -0.384 e. The van der Waals surface area contributed by atoms with Gasteiger partial charge in [0.15, 0.2) is 0 Å². The third-order valence-electron chi connectivity index (χ3n) is 4.46. The van der Waals surface area contributed by atoms with Gasteiger partial charge in [0, 0.05) is 24.6 Å². The van der Waals surface area contributed by atoms with Gasteiger partial charge in [-0.3, -0.25) is 4.98 Å². The highest BCUT2D eigenvalue weighted by Crippen LogP contribution is 2.48. The summed E-state index contributed by atoms with van der Waals surface area (Å²) < 4.78 is 0. The molecule has 1 heterocycles. The zero-order valence-electron chi connectivity index (χ0n) is 9.95. The fourth-order valence-corrected chi connectivity index (χ4v) is 3.54. The molecule has 3 atom stereocenters. The van der Waals surface area contributed by atoms with Crippen LogP contribution in [0.15, 0.2) is 18.5 Å². The summed E-state index contributed by atoms with van der Waals surface area (Å²) in [5, 5.41) is 3.60. The Morgan fingerprint density at radius 2 is 2.31 bits per heavy atom. The van der Waals surface area contributed by atoms with E-state index in [9.17, 15) is 0 Å². The lowest BCUT2D eigenvalue weighted by Gasteiger charge is -2.22. The molecule has 0 aromatic carbocycles. The zero-order chi connectivity index (χ0) is 11.0. The van der Waals surface area contributed by atoms with Gasteiger partial charge in [-0.1, -0.05) is 6.42 Å². The summed E-state index contributed by atoms with van der Waals surface area (Å²) in [7, 11) is 0. The summed E-state index contributed by atoms with van der Waals surface area (Å²) in [6.45, 7) is 3.28. The molecule has 0 aliphatic heterocycles. The van der Waals surface area contributed by atoms with E-state index in [0.717, 1.165) is 24.3 Å². The fourth-order valence-electron chi connectivity index (χ4n) is 3.54. The van der Waals surface area contributed by atoms with Crippen molar-refractivity contribution in [2.75, 3.05) is 11.9 Å². The monoisotopic (exact) mass is 216 g/mol. The van der Waals surface area contributed by atoms with Crippen molar-refractivity contribution in [1.82, 2.24) is 4.98 Å². The van der Waals surface area contributed by atoms with E-state index >= 15 is 0 Å². The van der Waals surface area contributed by atoms with Gasteiger partial charge in [0.25, 0.3) is 0 Å². The normalized spacial score (nSPS) is 31.9. The second kappa shape index (κ2) is 4.08. The summed E-state index contributed by atoms with van der Waals surface area (Å²) in [4.78, 5) is 4.12. The van der Waals surface area contributed by atoms with Crippen LogP contribution in [0, 0.1) is 24.7 Å². The molecule has 1 N–H and O–H groups in total. The number of aromatic nitrogens is 1. The summed E-state index contributed by atoms with van der Waals surface area (Å²) in [5.74, 6) is 2.99. The van der Waals surface area contributed by atoms with Crippen molar-refractivity contribution in [3.05, 3.63) is 24.0 Å². The summed E-state index contributed by atoms with van der Waals surface area (Å²) in [6, 6.07) is 2.09. The molecule has 2 bridgehead atoms. The van der Waals surface area contributed by atoms with Gasteiger partial charge in [0.2, 0.25) is 0 Å². The van der Waals surface area contributed by atoms with E-state index in [4.69, 9.17) is 0 Å². The van der Waals surface area contributed by atoms with Crippen LogP contribution in [0.3, 0.4) is 0 Å². The molecule has 2 heteroatoms. The lowest BCUT2D eigenvalue weighted by atomic mass is 9.89. The molecule has 2 saturated carbocycles. The summed E-state index contributed by atoms with van der Waals surface area (Å²) in [5.41, 5.74) is 2.52. The van der Waals surface area contributed by atoms with E-state index in [1.165, 1.54) is 36.9 Å². The number of anilines is 1. The van der Waals surface area contributed by atoms with Crippen LogP contribution in [0.1, 0.15) is 31.2 Å². The van der Waals surface area contributed by atoms with Crippen LogP contribution in [0.4, 0.5) is 5.69 Å². The molecule has 3 rings (SSSR count). The predicted octanol–water partition coefficient (Wildman–Crippen LogP) is 3.24. The van der Waals surface area contributed by atoms with Gasteiger partial charge >= 0.3 is 0 Å². The van der Waals surface area contributed by atoms with Crippen molar-refractivity contribution >= 4 is 5.69 Å². The highest BCUT2D eigenvalue weighted by molar-refractivity contribution is 5.48. The van der Waals surface area contributed by atoms with Crippen LogP contribution in [-0.4, -0.2) is 11.5 Å². The van der Waals surface area contributed by atoms with Gasteiger partial charge in [-0.2, -0.15) is 0 Å². The number of rotatable bonds is 3. The molecule has 2 aliphatic carbocycles. The molecule has 3 unspecified atom stereocenters. The molecule has 0 amide bonds. The van der Waals surface area contributed by atoms with Gasteiger partial charge < -0.3 is 5.32 Å². The second-order valence-corrected chi connectivity index (χ2v) is 5.51. The maximum atomic E-state index is 4.12. The first-order valence-electron chi connectivity index (χ1n) is 6.47. The van der Waals surface area contributed by atoms with E-state index in [2.05, 4.69) is 23.3 Å². The zero-order valence-corrected chi connectivity index (χ0v) is 9.95. The van der Waals surface area contributed by atoms with Crippen molar-refractivity contribution in [2.45, 2.75) is 32.6 Å². The smallest absolute Gasteiger partial charge is 0.0400 e. The van der Waals surface area contributed by atoms with E-state index in [1.54, 1.807) is 0 Å². The van der Waals surface area contributed by atoms with Crippen LogP contribution in [0.2, 0.25) is 0 Å². The number of aryl methyl sites for hydroxylation is 1. The number of pyridine rings is 1. The number of nitrogens with zero attached hydrogens (tertiary/aromatic N) is 1. The Labute approximate surface area is 97.5 Å². The Hall–Kier alpha value is -1.05. The first kappa shape index (κ1) is 10.1. The number of hydrogen-bond donors (Lipinski definition) is 1. The molecule has 1 aromatic rings. The average molecular weight is 216 g/mol. The Kier molecular flexibility index (Phi) is 2.58. The number of fused-ring (bicyclic) bond motifs is 2. The quantitative estimate of drug-likeness (QED) is 0.839. The molecule has 0 spiro atoms. The lowest BCUT2D eigenvalue weighted by molar-refractivity contribution is 0.348. The molecule has 86 valence electrons. The van der Waals surface area contributed by atoms with Crippen LogP contribution >= 0.6 is 0 Å². The van der Waals surface area contributed by atoms with Crippen LogP contribution in [0.5, 0.6) is 0 Å². The van der Waals surface area contributed by atoms with E-state index in [-0.39, 0.29) is 0 Å². The average Bonchev–Trinajstić information content (AvgIpc) is 2.90. The topological polar surface area (TPSA) is 24.9 Å². The molecule has 16 heavy (non-hydrogen) atoms. The molecule has 0 saturated heterocycles. The Bertz CT molecular complexity index is 375. The van der Waals surface area contributed by atoms with Crippen LogP contribution in [0.25, 0.3) is 0 Å². The van der Waals surface area contributed by atoms with Gasteiger partial charge in [0.05, 0.1) is 0 Å². The minimum atomic E-state index is 0.923. The predicted molar refractivity (Wildman–Crippen MR) is 66.4 cm³/mol. The number of hydrogen-bond acceptors (Lipinski definition) is 2. The molecule has 2 nitrogen and oxygen atoms in total. The fraction of sp³-hybridized carbons (Fsp3) is 0.643. The third-order valence-corrected chi connectivity index (χ3v) is 4.46. The Morgan fingerprint density at radius 3 is 3.00 bits per heavy atom. The maximum absolute atomic E-state index is 4.12. The van der Waals surface area contributed by atoms with Crippen LogP contribution < -0.4 is 5.32 Å². The molecular weight excluding hydrogens is 196 g/mol. The van der Waals surface area contributed by atoms with Gasteiger partial charge in [-0.15, -0.1) is 0 Å². The van der Waals surface area contributed by atoms with Crippen molar-refractivity contribution in [3.8, 4) is 0 Å². The van der Waals surface area contributed by atoms with E-state index in [0.29, 0.717) is 0 Å². The summed E-state index contributed by atoms with van der Waals surface area (Å²) >= 11 is 0.